The van der Waals surface area contributed by atoms with E-state index in [1.165, 1.54) is 6.07 Å². The van der Waals surface area contributed by atoms with Crippen molar-refractivity contribution < 1.29 is 19.1 Å². The molecule has 1 aliphatic rings. The number of hydrogen-bond acceptors (Lipinski definition) is 3. The van der Waals surface area contributed by atoms with E-state index in [0.29, 0.717) is 13.0 Å². The lowest BCUT2D eigenvalue weighted by atomic mass is 9.97. The maximum atomic E-state index is 12.3. The Morgan fingerprint density at radius 3 is 2.84 bits per heavy atom. The molecule has 1 amide bonds. The Bertz CT molecular complexity index is 471. The minimum atomic E-state index is -0.834. The highest BCUT2D eigenvalue weighted by Crippen LogP contribution is 2.24. The van der Waals surface area contributed by atoms with Gasteiger partial charge < -0.3 is 14.4 Å². The van der Waals surface area contributed by atoms with E-state index in [1.807, 2.05) is 0 Å². The lowest BCUT2D eigenvalue weighted by Crippen LogP contribution is -2.43. The van der Waals surface area contributed by atoms with Gasteiger partial charge in [0.25, 0.3) is 5.91 Å². The van der Waals surface area contributed by atoms with Crippen molar-refractivity contribution in [1.29, 1.82) is 0 Å². The Morgan fingerprint density at radius 2 is 2.21 bits per heavy atom. The highest BCUT2D eigenvalue weighted by Gasteiger charge is 2.29. The fourth-order valence-corrected chi connectivity index (χ4v) is 2.58. The number of amides is 1. The van der Waals surface area contributed by atoms with Gasteiger partial charge in [0.1, 0.15) is 0 Å². The highest BCUT2D eigenvalue weighted by molar-refractivity contribution is 6.29. The van der Waals surface area contributed by atoms with Gasteiger partial charge in [0.2, 0.25) is 0 Å². The molecule has 0 aromatic carbocycles. The standard InChI is InChI=1S/C13H16ClNO4/c14-11-6-5-10(19-11)13(18)15-8-2-1-3-9(15)4-7-12(16)17/h5-6,9H,1-4,7-8H2,(H,16,17)/t9-/m0/s1. The summed E-state index contributed by atoms with van der Waals surface area (Å²) < 4.78 is 5.13. The number of piperidine rings is 1. The van der Waals surface area contributed by atoms with Gasteiger partial charge in [0, 0.05) is 19.0 Å². The van der Waals surface area contributed by atoms with Crippen LogP contribution < -0.4 is 0 Å². The lowest BCUT2D eigenvalue weighted by molar-refractivity contribution is -0.137. The number of halogens is 1. The summed E-state index contributed by atoms with van der Waals surface area (Å²) in [6.07, 6.45) is 3.35. The molecule has 0 bridgehead atoms. The zero-order valence-electron chi connectivity index (χ0n) is 10.5. The molecule has 1 saturated heterocycles. The summed E-state index contributed by atoms with van der Waals surface area (Å²) in [5.74, 6) is -0.826. The molecule has 2 heterocycles. The molecule has 1 aromatic rings. The molecular formula is C13H16ClNO4. The lowest BCUT2D eigenvalue weighted by Gasteiger charge is -2.35. The van der Waals surface area contributed by atoms with E-state index >= 15 is 0 Å². The molecular weight excluding hydrogens is 270 g/mol. The Labute approximate surface area is 116 Å². The minimum Gasteiger partial charge on any atom is -0.481 e. The number of carboxylic acid groups (broad SMARTS) is 1. The Balaban J connectivity index is 2.06. The van der Waals surface area contributed by atoms with Gasteiger partial charge in [0.05, 0.1) is 0 Å². The van der Waals surface area contributed by atoms with Gasteiger partial charge in [-0.15, -0.1) is 0 Å². The molecule has 1 N–H and O–H groups in total. The summed E-state index contributed by atoms with van der Waals surface area (Å²) in [6.45, 7) is 0.640. The van der Waals surface area contributed by atoms with Crippen LogP contribution in [0, 0.1) is 0 Å². The molecule has 1 aliphatic heterocycles. The third-order valence-electron chi connectivity index (χ3n) is 3.36. The average molecular weight is 286 g/mol. The van der Waals surface area contributed by atoms with E-state index in [0.717, 1.165) is 19.3 Å². The molecule has 0 unspecified atom stereocenters. The van der Waals surface area contributed by atoms with Gasteiger partial charge in [-0.2, -0.15) is 0 Å². The fraction of sp³-hybridized carbons (Fsp3) is 0.538. The van der Waals surface area contributed by atoms with Crippen LogP contribution in [-0.2, 0) is 4.79 Å². The van der Waals surface area contributed by atoms with Crippen molar-refractivity contribution in [2.24, 2.45) is 0 Å². The minimum absolute atomic E-state index is 0.0266. The van der Waals surface area contributed by atoms with Crippen molar-refractivity contribution in [1.82, 2.24) is 4.90 Å². The molecule has 1 atom stereocenters. The summed E-state index contributed by atoms with van der Waals surface area (Å²) in [5, 5.41) is 8.93. The van der Waals surface area contributed by atoms with Crippen molar-refractivity contribution in [2.45, 2.75) is 38.1 Å². The molecule has 6 heteroatoms. The SMILES string of the molecule is O=C(O)CC[C@@H]1CCCCN1C(=O)c1ccc(Cl)o1. The summed E-state index contributed by atoms with van der Waals surface area (Å²) in [4.78, 5) is 24.7. The number of rotatable bonds is 4. The van der Waals surface area contributed by atoms with Gasteiger partial charge in [-0.1, -0.05) is 0 Å². The normalized spacial score (nSPS) is 19.4. The largest absolute Gasteiger partial charge is 0.481 e. The first-order valence-corrected chi connectivity index (χ1v) is 6.74. The Morgan fingerprint density at radius 1 is 1.42 bits per heavy atom. The van der Waals surface area contributed by atoms with E-state index in [9.17, 15) is 9.59 Å². The van der Waals surface area contributed by atoms with Crippen molar-refractivity contribution in [2.75, 3.05) is 6.54 Å². The number of carbonyl (C=O) groups is 2. The van der Waals surface area contributed by atoms with Crippen LogP contribution in [0.1, 0.15) is 42.7 Å². The first-order valence-electron chi connectivity index (χ1n) is 6.36. The third kappa shape index (κ3) is 3.50. The predicted octanol–water partition coefficient (Wildman–Crippen LogP) is 2.79. The summed E-state index contributed by atoms with van der Waals surface area (Å²) in [5.41, 5.74) is 0. The highest BCUT2D eigenvalue weighted by atomic mass is 35.5. The van der Waals surface area contributed by atoms with Crippen molar-refractivity contribution in [3.8, 4) is 0 Å². The van der Waals surface area contributed by atoms with Crippen LogP contribution >= 0.6 is 11.6 Å². The molecule has 0 saturated carbocycles. The van der Waals surface area contributed by atoms with Gasteiger partial charge in [-0.25, -0.2) is 0 Å². The predicted molar refractivity (Wildman–Crippen MR) is 69.3 cm³/mol. The number of nitrogens with zero attached hydrogens (tertiary/aromatic N) is 1. The molecule has 104 valence electrons. The van der Waals surface area contributed by atoms with E-state index in [2.05, 4.69) is 0 Å². The molecule has 0 radical (unpaired) electrons. The quantitative estimate of drug-likeness (QED) is 0.923. The second-order valence-electron chi connectivity index (χ2n) is 4.68. The van der Waals surface area contributed by atoms with Gasteiger partial charge in [-0.3, -0.25) is 9.59 Å². The maximum Gasteiger partial charge on any atom is 0.303 e. The molecule has 1 aromatic heterocycles. The monoisotopic (exact) mass is 285 g/mol. The summed E-state index contributed by atoms with van der Waals surface area (Å²) >= 11 is 5.67. The second kappa shape index (κ2) is 6.10. The summed E-state index contributed by atoms with van der Waals surface area (Å²) in [6, 6.07) is 3.06. The third-order valence-corrected chi connectivity index (χ3v) is 3.57. The van der Waals surface area contributed by atoms with Crippen LogP contribution in [0.3, 0.4) is 0 Å². The number of carbonyl (C=O) groups excluding carboxylic acids is 1. The number of carboxylic acids is 1. The van der Waals surface area contributed by atoms with E-state index in [1.54, 1.807) is 11.0 Å². The zero-order valence-corrected chi connectivity index (χ0v) is 11.2. The van der Waals surface area contributed by atoms with Crippen LogP contribution in [0.25, 0.3) is 0 Å². The van der Waals surface area contributed by atoms with Crippen LogP contribution in [0.15, 0.2) is 16.5 Å². The smallest absolute Gasteiger partial charge is 0.303 e. The zero-order chi connectivity index (χ0) is 13.8. The fourth-order valence-electron chi connectivity index (χ4n) is 2.43. The van der Waals surface area contributed by atoms with E-state index in [4.69, 9.17) is 21.1 Å². The molecule has 0 spiro atoms. The number of furan rings is 1. The van der Waals surface area contributed by atoms with Crippen molar-refractivity contribution in [3.05, 3.63) is 23.1 Å². The molecule has 5 nitrogen and oxygen atoms in total. The van der Waals surface area contributed by atoms with Crippen LogP contribution in [0.2, 0.25) is 5.22 Å². The number of aliphatic carboxylic acids is 1. The van der Waals surface area contributed by atoms with Crippen molar-refractivity contribution in [3.63, 3.8) is 0 Å². The topological polar surface area (TPSA) is 70.8 Å². The molecule has 1 fully saturated rings. The maximum absolute atomic E-state index is 12.3. The van der Waals surface area contributed by atoms with Crippen molar-refractivity contribution >= 4 is 23.5 Å². The van der Waals surface area contributed by atoms with Gasteiger partial charge in [-0.05, 0) is 49.4 Å². The Kier molecular flexibility index (Phi) is 4.47. The van der Waals surface area contributed by atoms with Crippen LogP contribution in [-0.4, -0.2) is 34.5 Å². The average Bonchev–Trinajstić information content (AvgIpc) is 2.82. The second-order valence-corrected chi connectivity index (χ2v) is 5.06. The Hall–Kier alpha value is -1.49. The van der Waals surface area contributed by atoms with Gasteiger partial charge >= 0.3 is 5.97 Å². The van der Waals surface area contributed by atoms with Crippen LogP contribution in [0.4, 0.5) is 0 Å². The molecule has 0 aliphatic carbocycles. The van der Waals surface area contributed by atoms with Crippen LogP contribution in [0.5, 0.6) is 0 Å². The first-order chi connectivity index (χ1) is 9.08. The first kappa shape index (κ1) is 13.9. The molecule has 2 rings (SSSR count). The van der Waals surface area contributed by atoms with Gasteiger partial charge in [0.15, 0.2) is 11.0 Å². The number of likely N-dealkylation sites (tertiary alicyclic amines) is 1. The molecule has 19 heavy (non-hydrogen) atoms. The number of hydrogen-bond donors (Lipinski definition) is 1. The van der Waals surface area contributed by atoms with E-state index in [-0.39, 0.29) is 29.3 Å². The summed E-state index contributed by atoms with van der Waals surface area (Å²) in [7, 11) is 0. The van der Waals surface area contributed by atoms with E-state index < -0.39 is 5.97 Å².